The zero-order valence-corrected chi connectivity index (χ0v) is 12.0. The molecule has 0 unspecified atom stereocenters. The summed E-state index contributed by atoms with van der Waals surface area (Å²) in [4.78, 5) is 4.09. The van der Waals surface area contributed by atoms with Crippen LogP contribution in [0.1, 0.15) is 5.56 Å². The van der Waals surface area contributed by atoms with Crippen molar-refractivity contribution < 1.29 is 4.39 Å². The Morgan fingerprint density at radius 1 is 1.24 bits per heavy atom. The lowest BCUT2D eigenvalue weighted by molar-refractivity contribution is 0.630. The van der Waals surface area contributed by atoms with E-state index < -0.39 is 5.82 Å². The molecule has 0 fully saturated rings. The molecule has 2 aromatic carbocycles. The highest BCUT2D eigenvalue weighted by molar-refractivity contribution is 6.31. The van der Waals surface area contributed by atoms with Crippen LogP contribution in [0.4, 0.5) is 10.3 Å². The number of hydrogen-bond acceptors (Lipinski definition) is 3. The molecule has 3 rings (SSSR count). The fraction of sp³-hybridized carbons (Fsp3) is 0. The molecule has 4 nitrogen and oxygen atoms in total. The number of hydrogen-bond donors (Lipinski definition) is 1. The van der Waals surface area contributed by atoms with Gasteiger partial charge in [-0.3, -0.25) is 4.57 Å². The molecule has 0 bridgehead atoms. The third kappa shape index (κ3) is 2.19. The quantitative estimate of drug-likeness (QED) is 0.738. The van der Waals surface area contributed by atoms with Crippen LogP contribution in [0.2, 0.25) is 10.0 Å². The van der Waals surface area contributed by atoms with E-state index in [1.54, 1.807) is 18.2 Å². The van der Waals surface area contributed by atoms with Gasteiger partial charge in [0.2, 0.25) is 5.95 Å². The van der Waals surface area contributed by atoms with Crippen LogP contribution in [-0.4, -0.2) is 9.55 Å². The van der Waals surface area contributed by atoms with E-state index in [2.05, 4.69) is 11.1 Å². The second kappa shape index (κ2) is 4.92. The van der Waals surface area contributed by atoms with Crippen molar-refractivity contribution in [1.29, 1.82) is 5.26 Å². The lowest BCUT2D eigenvalue weighted by Gasteiger charge is -2.09. The van der Waals surface area contributed by atoms with Crippen LogP contribution in [0.3, 0.4) is 0 Å². The van der Waals surface area contributed by atoms with Gasteiger partial charge in [0.15, 0.2) is 0 Å². The van der Waals surface area contributed by atoms with E-state index >= 15 is 0 Å². The molecule has 7 heteroatoms. The Morgan fingerprint density at radius 3 is 2.71 bits per heavy atom. The summed E-state index contributed by atoms with van der Waals surface area (Å²) in [6, 6.07) is 9.44. The Bertz CT molecular complexity index is 911. The highest BCUT2D eigenvalue weighted by atomic mass is 35.5. The minimum atomic E-state index is -0.583. The summed E-state index contributed by atoms with van der Waals surface area (Å²) in [5.74, 6) is -0.467. The summed E-state index contributed by atoms with van der Waals surface area (Å²) < 4.78 is 15.0. The fourth-order valence-electron chi connectivity index (χ4n) is 2.13. The van der Waals surface area contributed by atoms with Crippen molar-refractivity contribution in [3.05, 3.63) is 51.8 Å². The van der Waals surface area contributed by atoms with Gasteiger partial charge in [0.1, 0.15) is 11.9 Å². The summed E-state index contributed by atoms with van der Waals surface area (Å²) in [5.41, 5.74) is 7.57. The first kappa shape index (κ1) is 13.7. The average molecular weight is 321 g/mol. The summed E-state index contributed by atoms with van der Waals surface area (Å²) >= 11 is 11.8. The number of imidazole rings is 1. The molecule has 0 amide bonds. The van der Waals surface area contributed by atoms with Gasteiger partial charge >= 0.3 is 0 Å². The number of rotatable bonds is 1. The van der Waals surface area contributed by atoms with Crippen LogP contribution < -0.4 is 5.73 Å². The van der Waals surface area contributed by atoms with Gasteiger partial charge in [0.05, 0.1) is 27.3 Å². The van der Waals surface area contributed by atoms with Crippen molar-refractivity contribution in [3.63, 3.8) is 0 Å². The van der Waals surface area contributed by atoms with Crippen molar-refractivity contribution in [2.24, 2.45) is 0 Å². The lowest BCUT2D eigenvalue weighted by Crippen LogP contribution is -2.03. The van der Waals surface area contributed by atoms with E-state index in [1.165, 1.54) is 16.7 Å². The van der Waals surface area contributed by atoms with E-state index in [1.807, 2.05) is 0 Å². The maximum absolute atomic E-state index is 13.5. The van der Waals surface area contributed by atoms with Gasteiger partial charge < -0.3 is 5.73 Å². The molecule has 0 saturated heterocycles. The van der Waals surface area contributed by atoms with Crippen molar-refractivity contribution in [2.45, 2.75) is 0 Å². The van der Waals surface area contributed by atoms with E-state index in [0.29, 0.717) is 27.3 Å². The first-order valence-electron chi connectivity index (χ1n) is 5.84. The molecule has 3 aromatic rings. The molecular weight excluding hydrogens is 314 g/mol. The minimum Gasteiger partial charge on any atom is -0.369 e. The van der Waals surface area contributed by atoms with Crippen molar-refractivity contribution in [2.75, 3.05) is 5.73 Å². The van der Waals surface area contributed by atoms with Crippen LogP contribution in [0.15, 0.2) is 30.3 Å². The van der Waals surface area contributed by atoms with Crippen LogP contribution in [0.5, 0.6) is 0 Å². The van der Waals surface area contributed by atoms with Crippen LogP contribution in [-0.2, 0) is 0 Å². The molecule has 104 valence electrons. The van der Waals surface area contributed by atoms with Crippen LogP contribution in [0.25, 0.3) is 16.7 Å². The second-order valence-electron chi connectivity index (χ2n) is 4.33. The summed E-state index contributed by atoms with van der Waals surface area (Å²) in [6.07, 6.45) is 0. The molecule has 0 aliphatic rings. The molecule has 0 radical (unpaired) electrons. The van der Waals surface area contributed by atoms with E-state index in [0.717, 1.165) is 0 Å². The number of halogens is 3. The highest BCUT2D eigenvalue weighted by Gasteiger charge is 2.16. The number of fused-ring (bicyclic) bond motifs is 1. The third-order valence-electron chi connectivity index (χ3n) is 3.04. The highest BCUT2D eigenvalue weighted by Crippen LogP contribution is 2.30. The molecule has 0 aliphatic carbocycles. The minimum absolute atomic E-state index is 0.0517. The number of nitrogens with two attached hydrogens (primary N) is 1. The molecule has 2 N–H and O–H groups in total. The zero-order valence-electron chi connectivity index (χ0n) is 10.4. The standard InChI is InChI=1S/C14H7Cl2FN4/c15-8-2-1-7(6-18)12(3-8)21-13-4-9(16)10(17)5-11(13)20-14(21)19/h1-5H,(H2,19,20). The van der Waals surface area contributed by atoms with Gasteiger partial charge in [-0.25, -0.2) is 9.37 Å². The molecule has 0 atom stereocenters. The third-order valence-corrected chi connectivity index (χ3v) is 3.57. The van der Waals surface area contributed by atoms with Crippen molar-refractivity contribution in [3.8, 4) is 11.8 Å². The number of nitrogens with zero attached hydrogens (tertiary/aromatic N) is 3. The van der Waals surface area contributed by atoms with Crippen LogP contribution in [0, 0.1) is 17.1 Å². The SMILES string of the molecule is N#Cc1ccc(Cl)cc1-n1c(N)nc2cc(F)c(Cl)cc21. The van der Waals surface area contributed by atoms with Gasteiger partial charge in [-0.2, -0.15) is 5.26 Å². The Hall–Kier alpha value is -2.29. The van der Waals surface area contributed by atoms with Gasteiger partial charge in [-0.1, -0.05) is 23.2 Å². The molecule has 0 spiro atoms. The molecule has 1 aromatic heterocycles. The predicted octanol–water partition coefficient (Wildman–Crippen LogP) is 3.93. The smallest absolute Gasteiger partial charge is 0.205 e. The zero-order chi connectivity index (χ0) is 15.1. The summed E-state index contributed by atoms with van der Waals surface area (Å²) in [7, 11) is 0. The van der Waals surface area contributed by atoms with Crippen molar-refractivity contribution in [1.82, 2.24) is 9.55 Å². The number of nitriles is 1. The molecule has 1 heterocycles. The molecule has 0 aliphatic heterocycles. The Balaban J connectivity index is 2.41. The molecule has 0 saturated carbocycles. The first-order valence-corrected chi connectivity index (χ1v) is 6.60. The van der Waals surface area contributed by atoms with Gasteiger partial charge in [0, 0.05) is 11.1 Å². The predicted molar refractivity (Wildman–Crippen MR) is 80.2 cm³/mol. The monoisotopic (exact) mass is 320 g/mol. The van der Waals surface area contributed by atoms with Gasteiger partial charge in [0.25, 0.3) is 0 Å². The number of anilines is 1. The summed E-state index contributed by atoms with van der Waals surface area (Å²) in [5, 5.41) is 9.61. The number of nitrogen functional groups attached to an aromatic ring is 1. The maximum Gasteiger partial charge on any atom is 0.205 e. The van der Waals surface area contributed by atoms with Crippen LogP contribution >= 0.6 is 23.2 Å². The Morgan fingerprint density at radius 2 is 2.00 bits per heavy atom. The van der Waals surface area contributed by atoms with Gasteiger partial charge in [-0.05, 0) is 24.3 Å². The first-order chi connectivity index (χ1) is 10.0. The Labute approximate surface area is 129 Å². The second-order valence-corrected chi connectivity index (χ2v) is 5.18. The van der Waals surface area contributed by atoms with Crippen molar-refractivity contribution >= 4 is 40.2 Å². The largest absolute Gasteiger partial charge is 0.369 e. The normalized spacial score (nSPS) is 10.8. The fourth-order valence-corrected chi connectivity index (χ4v) is 2.45. The summed E-state index contributed by atoms with van der Waals surface area (Å²) in [6.45, 7) is 0. The van der Waals surface area contributed by atoms with E-state index in [4.69, 9.17) is 28.9 Å². The van der Waals surface area contributed by atoms with E-state index in [-0.39, 0.29) is 11.0 Å². The van der Waals surface area contributed by atoms with Gasteiger partial charge in [-0.15, -0.1) is 0 Å². The maximum atomic E-state index is 13.5. The van der Waals surface area contributed by atoms with E-state index in [9.17, 15) is 9.65 Å². The topological polar surface area (TPSA) is 67.6 Å². The lowest BCUT2D eigenvalue weighted by atomic mass is 10.2. The average Bonchev–Trinajstić information content (AvgIpc) is 2.74. The Kier molecular flexibility index (Phi) is 3.20. The number of benzene rings is 2. The molecule has 21 heavy (non-hydrogen) atoms. The number of aromatic nitrogens is 2. The molecular formula is C14H7Cl2FN4.